The number of hydrogen-bond donors (Lipinski definition) is 5. The fraction of sp³-hybridized carbons (Fsp3) is 0.312. The van der Waals surface area contributed by atoms with E-state index >= 15 is 0 Å². The zero-order valence-corrected chi connectivity index (χ0v) is 13.3. The average molecular weight is 330 g/mol. The molecule has 8 nitrogen and oxygen atoms in total. The van der Waals surface area contributed by atoms with E-state index in [2.05, 4.69) is 9.89 Å². The second-order valence-electron chi connectivity index (χ2n) is 5.57. The molecule has 8 N–H and O–H groups in total. The lowest BCUT2D eigenvalue weighted by atomic mass is 10.1. The quantitative estimate of drug-likeness (QED) is 0.291. The van der Waals surface area contributed by atoms with Gasteiger partial charge in [-0.25, -0.2) is 4.99 Å². The maximum absolute atomic E-state index is 11.4. The number of aliphatic hydroxyl groups excluding tert-OH is 1. The molecule has 0 spiro atoms. The zero-order valence-electron chi connectivity index (χ0n) is 13.3. The Kier molecular flexibility index (Phi) is 5.54. The number of amides is 1. The van der Waals surface area contributed by atoms with Gasteiger partial charge in [0.1, 0.15) is 11.4 Å². The van der Waals surface area contributed by atoms with Gasteiger partial charge in [-0.05, 0) is 37.1 Å². The number of aliphatic hydroxyl groups is 1. The molecule has 0 bridgehead atoms. The molecule has 1 aromatic rings. The fourth-order valence-corrected chi connectivity index (χ4v) is 2.55. The van der Waals surface area contributed by atoms with Gasteiger partial charge >= 0.3 is 0 Å². The lowest BCUT2D eigenvalue weighted by molar-refractivity contribution is -0.114. The van der Waals surface area contributed by atoms with Crippen LogP contribution in [0.4, 0.5) is 11.4 Å². The van der Waals surface area contributed by atoms with Crippen LogP contribution >= 0.6 is 0 Å². The van der Waals surface area contributed by atoms with Crippen LogP contribution in [0.1, 0.15) is 12.8 Å². The van der Waals surface area contributed by atoms with E-state index in [1.54, 1.807) is 12.1 Å². The highest BCUT2D eigenvalue weighted by Gasteiger charge is 2.17. The average Bonchev–Trinajstić information content (AvgIpc) is 2.56. The summed E-state index contributed by atoms with van der Waals surface area (Å²) in [5.41, 5.74) is 17.9. The number of benzene rings is 1. The van der Waals surface area contributed by atoms with Crippen LogP contribution in [0.5, 0.6) is 0 Å². The third kappa shape index (κ3) is 4.11. The Morgan fingerprint density at radius 1 is 1.21 bits per heavy atom. The standard InChI is InChI=1S/C16H22N6O2/c17-9-13(18)14(16(20)24)15(19)21-10-1-3-11(4-2-10)22-7-5-12(23)6-8-22/h1-4,9,12,17,23H,5-8,18H2,(H2,19,21)(H2,20,24)/b14-13+,17-9?. The number of anilines is 1. The number of hydrogen-bond acceptors (Lipinski definition) is 6. The van der Waals surface area contributed by atoms with Crippen molar-refractivity contribution in [2.45, 2.75) is 18.9 Å². The van der Waals surface area contributed by atoms with Gasteiger partial charge in [-0.1, -0.05) is 0 Å². The summed E-state index contributed by atoms with van der Waals surface area (Å²) < 4.78 is 0. The van der Waals surface area contributed by atoms with Crippen molar-refractivity contribution in [1.82, 2.24) is 0 Å². The first-order valence-electron chi connectivity index (χ1n) is 7.60. The molecule has 1 aromatic carbocycles. The SMILES string of the molecule is N=C/C(N)=C(\C(N)=O)C(N)=Nc1ccc(N2CCC(O)CC2)cc1. The molecule has 1 aliphatic heterocycles. The van der Waals surface area contributed by atoms with Crippen molar-refractivity contribution in [3.63, 3.8) is 0 Å². The monoisotopic (exact) mass is 330 g/mol. The molecule has 8 heteroatoms. The van der Waals surface area contributed by atoms with Crippen LogP contribution in [0.2, 0.25) is 0 Å². The Morgan fingerprint density at radius 3 is 2.29 bits per heavy atom. The van der Waals surface area contributed by atoms with E-state index in [4.69, 9.17) is 22.6 Å². The molecule has 1 saturated heterocycles. The van der Waals surface area contributed by atoms with Crippen molar-refractivity contribution in [2.75, 3.05) is 18.0 Å². The summed E-state index contributed by atoms with van der Waals surface area (Å²) in [4.78, 5) is 17.7. The molecule has 24 heavy (non-hydrogen) atoms. The van der Waals surface area contributed by atoms with Crippen LogP contribution in [0.3, 0.4) is 0 Å². The maximum Gasteiger partial charge on any atom is 0.254 e. The summed E-state index contributed by atoms with van der Waals surface area (Å²) in [6.45, 7) is 1.60. The third-order valence-electron chi connectivity index (χ3n) is 3.88. The second kappa shape index (κ2) is 7.60. The normalized spacial score (nSPS) is 17.4. The summed E-state index contributed by atoms with van der Waals surface area (Å²) in [6.07, 6.45) is 2.09. The zero-order chi connectivity index (χ0) is 17.7. The molecule has 0 saturated carbocycles. The minimum atomic E-state index is -0.833. The number of piperidine rings is 1. The Balaban J connectivity index is 2.18. The van der Waals surface area contributed by atoms with Gasteiger partial charge in [0.15, 0.2) is 0 Å². The molecule has 0 unspecified atom stereocenters. The molecule has 128 valence electrons. The highest BCUT2D eigenvalue weighted by atomic mass is 16.3. The largest absolute Gasteiger partial charge is 0.397 e. The van der Waals surface area contributed by atoms with E-state index in [0.29, 0.717) is 5.69 Å². The first kappa shape index (κ1) is 17.5. The number of nitrogens with zero attached hydrogens (tertiary/aromatic N) is 2. The molecular weight excluding hydrogens is 308 g/mol. The van der Waals surface area contributed by atoms with Crippen molar-refractivity contribution in [3.8, 4) is 0 Å². The predicted molar refractivity (Wildman–Crippen MR) is 94.4 cm³/mol. The summed E-state index contributed by atoms with van der Waals surface area (Å²) in [5, 5.41) is 16.7. The minimum Gasteiger partial charge on any atom is -0.397 e. The molecule has 2 rings (SSSR count). The summed E-state index contributed by atoms with van der Waals surface area (Å²) in [5.74, 6) is -0.960. The number of rotatable bonds is 5. The number of aliphatic imine (C=N–C) groups is 1. The molecule has 1 amide bonds. The molecule has 1 aliphatic rings. The topological polar surface area (TPSA) is 155 Å². The van der Waals surface area contributed by atoms with Gasteiger partial charge in [0.25, 0.3) is 5.91 Å². The Labute approximate surface area is 140 Å². The summed E-state index contributed by atoms with van der Waals surface area (Å²) >= 11 is 0. The lowest BCUT2D eigenvalue weighted by Gasteiger charge is -2.31. The third-order valence-corrected chi connectivity index (χ3v) is 3.88. The number of carbonyl (C=O) groups is 1. The van der Waals surface area contributed by atoms with E-state index in [1.165, 1.54) is 0 Å². The Bertz CT molecular complexity index is 672. The van der Waals surface area contributed by atoms with Gasteiger partial charge in [-0.3, -0.25) is 4.79 Å². The highest BCUT2D eigenvalue weighted by molar-refractivity contribution is 6.22. The first-order valence-corrected chi connectivity index (χ1v) is 7.60. The predicted octanol–water partition coefficient (Wildman–Crippen LogP) is -0.0159. The number of carbonyl (C=O) groups excluding carboxylic acids is 1. The van der Waals surface area contributed by atoms with Crippen LogP contribution in [0, 0.1) is 5.41 Å². The molecule has 0 aliphatic carbocycles. The van der Waals surface area contributed by atoms with Crippen molar-refractivity contribution >= 4 is 29.3 Å². The van der Waals surface area contributed by atoms with E-state index in [9.17, 15) is 9.90 Å². The number of primary amides is 1. The van der Waals surface area contributed by atoms with Gasteiger partial charge in [-0.2, -0.15) is 0 Å². The number of allylic oxidation sites excluding steroid dienone is 1. The van der Waals surface area contributed by atoms with E-state index in [-0.39, 0.29) is 23.2 Å². The molecular formula is C16H22N6O2. The maximum atomic E-state index is 11.4. The van der Waals surface area contributed by atoms with Crippen molar-refractivity contribution < 1.29 is 9.90 Å². The fourth-order valence-electron chi connectivity index (χ4n) is 2.55. The van der Waals surface area contributed by atoms with Gasteiger partial charge in [0.2, 0.25) is 0 Å². The molecule has 1 fully saturated rings. The van der Waals surface area contributed by atoms with Crippen molar-refractivity contribution in [1.29, 1.82) is 5.41 Å². The van der Waals surface area contributed by atoms with Crippen LogP contribution < -0.4 is 22.1 Å². The smallest absolute Gasteiger partial charge is 0.254 e. The summed E-state index contributed by atoms with van der Waals surface area (Å²) in [7, 11) is 0. The van der Waals surface area contributed by atoms with E-state index < -0.39 is 5.91 Å². The van der Waals surface area contributed by atoms with Gasteiger partial charge in [0.05, 0.1) is 17.5 Å². The van der Waals surface area contributed by atoms with Crippen molar-refractivity contribution in [2.24, 2.45) is 22.2 Å². The van der Waals surface area contributed by atoms with Gasteiger partial charge in [-0.15, -0.1) is 0 Å². The molecule has 1 heterocycles. The van der Waals surface area contributed by atoms with Gasteiger partial charge < -0.3 is 32.6 Å². The van der Waals surface area contributed by atoms with Crippen molar-refractivity contribution in [3.05, 3.63) is 35.5 Å². The van der Waals surface area contributed by atoms with Crippen LogP contribution in [-0.2, 0) is 4.79 Å². The summed E-state index contributed by atoms with van der Waals surface area (Å²) in [6, 6.07) is 7.34. The molecule has 0 atom stereocenters. The van der Waals surface area contributed by atoms with E-state index in [0.717, 1.165) is 37.8 Å². The molecule has 0 radical (unpaired) electrons. The minimum absolute atomic E-state index is 0.127. The second-order valence-corrected chi connectivity index (χ2v) is 5.57. The lowest BCUT2D eigenvalue weighted by Crippen LogP contribution is -2.35. The van der Waals surface area contributed by atoms with E-state index in [1.807, 2.05) is 12.1 Å². The van der Waals surface area contributed by atoms with Crippen LogP contribution in [0.15, 0.2) is 40.5 Å². The van der Waals surface area contributed by atoms with Crippen LogP contribution in [0.25, 0.3) is 0 Å². The molecule has 0 aromatic heterocycles. The number of nitrogens with two attached hydrogens (primary N) is 3. The first-order chi connectivity index (χ1) is 11.4. The Hall–Kier alpha value is -2.87. The highest BCUT2D eigenvalue weighted by Crippen LogP contribution is 2.23. The number of amidine groups is 1. The number of nitrogens with one attached hydrogen (secondary N) is 1. The van der Waals surface area contributed by atoms with Crippen LogP contribution in [-0.4, -0.2) is 42.3 Å². The van der Waals surface area contributed by atoms with Gasteiger partial charge in [0, 0.05) is 25.0 Å². The Morgan fingerprint density at radius 2 is 1.79 bits per heavy atom.